The summed E-state index contributed by atoms with van der Waals surface area (Å²) in [6.07, 6.45) is 5.12. The Labute approximate surface area is 140 Å². The van der Waals surface area contributed by atoms with Crippen LogP contribution < -0.4 is 4.74 Å². The van der Waals surface area contributed by atoms with Crippen LogP contribution >= 0.6 is 11.8 Å². The summed E-state index contributed by atoms with van der Waals surface area (Å²) in [6.45, 7) is 2.27. The summed E-state index contributed by atoms with van der Waals surface area (Å²) in [5.74, 6) is 1.84. The first-order valence-electron chi connectivity index (χ1n) is 8.00. The maximum absolute atomic E-state index is 10.5. The van der Waals surface area contributed by atoms with E-state index < -0.39 is 5.60 Å². The molecule has 0 bridgehead atoms. The zero-order chi connectivity index (χ0) is 16.1. The highest BCUT2D eigenvalue weighted by Crippen LogP contribution is 2.33. The Hall–Kier alpha value is -1.53. The minimum Gasteiger partial charge on any atom is -0.484 e. The third kappa shape index (κ3) is 4.72. The van der Waals surface area contributed by atoms with Gasteiger partial charge in [0, 0.05) is 5.75 Å². The van der Waals surface area contributed by atoms with Gasteiger partial charge in [0.05, 0.1) is 5.60 Å². The van der Waals surface area contributed by atoms with Crippen LogP contribution in [0.2, 0.25) is 0 Å². The summed E-state index contributed by atoms with van der Waals surface area (Å²) in [5, 5.41) is 19.0. The van der Waals surface area contributed by atoms with Gasteiger partial charge in [0.1, 0.15) is 5.75 Å². The molecular formula is C17H22N2O3S. The van der Waals surface area contributed by atoms with Gasteiger partial charge in [-0.15, -0.1) is 10.2 Å². The second kappa shape index (κ2) is 7.36. The van der Waals surface area contributed by atoms with E-state index in [-0.39, 0.29) is 6.61 Å². The van der Waals surface area contributed by atoms with Crippen molar-refractivity contribution in [2.45, 2.75) is 56.5 Å². The van der Waals surface area contributed by atoms with Gasteiger partial charge in [0.2, 0.25) is 0 Å². The molecule has 23 heavy (non-hydrogen) atoms. The Morgan fingerprint density at radius 2 is 2.09 bits per heavy atom. The second-order valence-electron chi connectivity index (χ2n) is 6.14. The summed E-state index contributed by atoms with van der Waals surface area (Å²) >= 11 is 1.42. The number of benzene rings is 1. The molecule has 1 aliphatic rings. The van der Waals surface area contributed by atoms with Gasteiger partial charge in [-0.05, 0) is 37.5 Å². The molecule has 0 aliphatic heterocycles. The molecule has 0 amide bonds. The zero-order valence-electron chi connectivity index (χ0n) is 13.3. The quantitative estimate of drug-likeness (QED) is 0.812. The van der Waals surface area contributed by atoms with E-state index in [4.69, 9.17) is 9.15 Å². The summed E-state index contributed by atoms with van der Waals surface area (Å²) in [6, 6.07) is 7.83. The zero-order valence-corrected chi connectivity index (χ0v) is 14.1. The van der Waals surface area contributed by atoms with E-state index in [0.29, 0.717) is 16.9 Å². The predicted molar refractivity (Wildman–Crippen MR) is 88.6 cm³/mol. The number of nitrogens with zero attached hydrogens (tertiary/aromatic N) is 2. The molecule has 0 atom stereocenters. The second-order valence-corrected chi connectivity index (χ2v) is 7.07. The molecule has 1 N–H and O–H groups in total. The van der Waals surface area contributed by atoms with Crippen molar-refractivity contribution in [1.29, 1.82) is 0 Å². The molecule has 3 rings (SSSR count). The molecule has 6 heteroatoms. The van der Waals surface area contributed by atoms with Crippen LogP contribution in [0.1, 0.15) is 43.6 Å². The van der Waals surface area contributed by atoms with Gasteiger partial charge in [0.15, 0.2) is 6.61 Å². The molecule has 5 nitrogen and oxygen atoms in total. The lowest BCUT2D eigenvalue weighted by atomic mass is 9.86. The molecule has 0 saturated heterocycles. The van der Waals surface area contributed by atoms with Crippen LogP contribution in [0.4, 0.5) is 0 Å². The summed E-state index contributed by atoms with van der Waals surface area (Å²) in [4.78, 5) is 0. The molecule has 1 saturated carbocycles. The number of aromatic nitrogens is 2. The standard InChI is InChI=1S/C17H22N2O3S/c1-13-6-5-7-14(10-13)21-11-15-18-19-16(22-15)23-12-17(20)8-3-2-4-9-17/h5-7,10,20H,2-4,8-9,11-12H2,1H3. The van der Waals surface area contributed by atoms with E-state index in [0.717, 1.165) is 37.0 Å². The highest BCUT2D eigenvalue weighted by atomic mass is 32.2. The largest absolute Gasteiger partial charge is 0.484 e. The van der Waals surface area contributed by atoms with Crippen molar-refractivity contribution in [3.8, 4) is 5.75 Å². The van der Waals surface area contributed by atoms with Crippen molar-refractivity contribution in [2.24, 2.45) is 0 Å². The van der Waals surface area contributed by atoms with Crippen molar-refractivity contribution >= 4 is 11.8 Å². The molecule has 1 aliphatic carbocycles. The van der Waals surface area contributed by atoms with Crippen molar-refractivity contribution in [2.75, 3.05) is 5.75 Å². The minimum absolute atomic E-state index is 0.251. The monoisotopic (exact) mass is 334 g/mol. The molecule has 1 fully saturated rings. The Kier molecular flexibility index (Phi) is 5.23. The Bertz CT molecular complexity index is 638. The number of aryl methyl sites for hydroxylation is 1. The number of hydrogen-bond acceptors (Lipinski definition) is 6. The Balaban J connectivity index is 1.50. The van der Waals surface area contributed by atoms with Crippen molar-refractivity contribution in [3.05, 3.63) is 35.7 Å². The smallest absolute Gasteiger partial charge is 0.276 e. The third-order valence-corrected chi connectivity index (χ3v) is 5.14. The number of rotatable bonds is 6. The molecular weight excluding hydrogens is 312 g/mol. The highest BCUT2D eigenvalue weighted by molar-refractivity contribution is 7.99. The summed E-state index contributed by atoms with van der Waals surface area (Å²) in [5.41, 5.74) is 0.556. The molecule has 1 aromatic carbocycles. The Morgan fingerprint density at radius 3 is 2.87 bits per heavy atom. The highest BCUT2D eigenvalue weighted by Gasteiger charge is 2.29. The van der Waals surface area contributed by atoms with Gasteiger partial charge in [-0.25, -0.2) is 0 Å². The van der Waals surface area contributed by atoms with Crippen molar-refractivity contribution in [1.82, 2.24) is 10.2 Å². The van der Waals surface area contributed by atoms with E-state index >= 15 is 0 Å². The topological polar surface area (TPSA) is 68.4 Å². The molecule has 0 radical (unpaired) electrons. The van der Waals surface area contributed by atoms with Gasteiger partial charge in [-0.2, -0.15) is 0 Å². The van der Waals surface area contributed by atoms with Crippen molar-refractivity contribution < 1.29 is 14.3 Å². The fourth-order valence-electron chi connectivity index (χ4n) is 2.76. The van der Waals surface area contributed by atoms with Crippen LogP contribution in [0.5, 0.6) is 5.75 Å². The first-order chi connectivity index (χ1) is 11.1. The first-order valence-corrected chi connectivity index (χ1v) is 8.99. The van der Waals surface area contributed by atoms with Gasteiger partial charge in [0.25, 0.3) is 11.1 Å². The van der Waals surface area contributed by atoms with E-state index in [2.05, 4.69) is 10.2 Å². The van der Waals surface area contributed by atoms with E-state index in [9.17, 15) is 5.11 Å². The van der Waals surface area contributed by atoms with Crippen LogP contribution in [-0.4, -0.2) is 26.7 Å². The van der Waals surface area contributed by atoms with Crippen LogP contribution in [0.3, 0.4) is 0 Å². The van der Waals surface area contributed by atoms with Crippen LogP contribution in [0.15, 0.2) is 33.9 Å². The normalized spacial score (nSPS) is 17.1. The molecule has 0 unspecified atom stereocenters. The molecule has 0 spiro atoms. The lowest BCUT2D eigenvalue weighted by Crippen LogP contribution is -2.33. The van der Waals surface area contributed by atoms with Crippen LogP contribution in [0.25, 0.3) is 0 Å². The lowest BCUT2D eigenvalue weighted by Gasteiger charge is -2.31. The first kappa shape index (κ1) is 16.3. The Morgan fingerprint density at radius 1 is 1.26 bits per heavy atom. The van der Waals surface area contributed by atoms with E-state index in [1.165, 1.54) is 18.2 Å². The van der Waals surface area contributed by atoms with Crippen molar-refractivity contribution in [3.63, 3.8) is 0 Å². The molecule has 1 heterocycles. The molecule has 1 aromatic heterocycles. The van der Waals surface area contributed by atoms with E-state index in [1.54, 1.807) is 0 Å². The fraction of sp³-hybridized carbons (Fsp3) is 0.529. The van der Waals surface area contributed by atoms with Crippen LogP contribution in [0, 0.1) is 6.92 Å². The van der Waals surface area contributed by atoms with Gasteiger partial charge in [-0.3, -0.25) is 0 Å². The number of ether oxygens (including phenoxy) is 1. The molecule has 124 valence electrons. The number of hydrogen-bond donors (Lipinski definition) is 1. The predicted octanol–water partition coefficient (Wildman–Crippen LogP) is 3.74. The fourth-order valence-corrected chi connectivity index (χ4v) is 3.69. The van der Waals surface area contributed by atoms with E-state index in [1.807, 2.05) is 31.2 Å². The van der Waals surface area contributed by atoms with Crippen LogP contribution in [-0.2, 0) is 6.61 Å². The average molecular weight is 334 g/mol. The third-order valence-electron chi connectivity index (χ3n) is 4.05. The van der Waals surface area contributed by atoms with Gasteiger partial charge >= 0.3 is 0 Å². The molecule has 2 aromatic rings. The van der Waals surface area contributed by atoms with Gasteiger partial charge in [-0.1, -0.05) is 43.2 Å². The number of thioether (sulfide) groups is 1. The number of aliphatic hydroxyl groups is 1. The van der Waals surface area contributed by atoms with Gasteiger partial charge < -0.3 is 14.3 Å². The minimum atomic E-state index is -0.588. The summed E-state index contributed by atoms with van der Waals surface area (Å²) in [7, 11) is 0. The summed E-state index contributed by atoms with van der Waals surface area (Å²) < 4.78 is 11.2. The lowest BCUT2D eigenvalue weighted by molar-refractivity contribution is 0.0271. The maximum Gasteiger partial charge on any atom is 0.276 e. The average Bonchev–Trinajstić information content (AvgIpc) is 3.00. The SMILES string of the molecule is Cc1cccc(OCc2nnc(SCC3(O)CCCCC3)o2)c1. The maximum atomic E-state index is 10.5.